The van der Waals surface area contributed by atoms with Crippen LogP contribution in [0.25, 0.3) is 11.0 Å². The number of hydrogen-bond donors (Lipinski definition) is 1. The van der Waals surface area contributed by atoms with Crippen LogP contribution in [0.4, 0.5) is 4.39 Å². The van der Waals surface area contributed by atoms with E-state index in [-0.39, 0.29) is 5.82 Å². The van der Waals surface area contributed by atoms with E-state index in [0.29, 0.717) is 17.4 Å². The van der Waals surface area contributed by atoms with Gasteiger partial charge in [0.05, 0.1) is 5.52 Å². The summed E-state index contributed by atoms with van der Waals surface area (Å²) in [4.78, 5) is 4.28. The van der Waals surface area contributed by atoms with Crippen molar-refractivity contribution in [1.29, 1.82) is 0 Å². The van der Waals surface area contributed by atoms with Gasteiger partial charge in [-0.05, 0) is 38.8 Å². The zero-order chi connectivity index (χ0) is 12.2. The number of rotatable bonds is 2. The fraction of sp³-hybridized carbons (Fsp3) is 0.462. The van der Waals surface area contributed by atoms with Crippen LogP contribution in [0.2, 0.25) is 0 Å². The number of imidazole rings is 1. The predicted octanol–water partition coefficient (Wildman–Crippen LogP) is 2.74. The minimum Gasteiger partial charge on any atom is -0.383 e. The lowest BCUT2D eigenvalue weighted by atomic mass is 10.1. The summed E-state index contributed by atoms with van der Waals surface area (Å²) < 4.78 is 15.7. The molecule has 0 aliphatic heterocycles. The summed E-state index contributed by atoms with van der Waals surface area (Å²) in [5.41, 5.74) is 0.0924. The lowest BCUT2D eigenvalue weighted by Crippen LogP contribution is -2.21. The average molecular weight is 234 g/mol. The Labute approximate surface area is 98.9 Å². The van der Waals surface area contributed by atoms with Gasteiger partial charge in [0, 0.05) is 6.04 Å². The van der Waals surface area contributed by atoms with Crippen molar-refractivity contribution in [2.24, 2.45) is 0 Å². The molecule has 0 atom stereocenters. The lowest BCUT2D eigenvalue weighted by Gasteiger charge is -2.18. The van der Waals surface area contributed by atoms with Gasteiger partial charge in [-0.2, -0.15) is 0 Å². The fourth-order valence-electron chi connectivity index (χ4n) is 2.22. The van der Waals surface area contributed by atoms with Gasteiger partial charge in [0.15, 0.2) is 5.82 Å². The molecule has 1 fully saturated rings. The predicted molar refractivity (Wildman–Crippen MR) is 63.2 cm³/mol. The molecule has 3 nitrogen and oxygen atoms in total. The van der Waals surface area contributed by atoms with E-state index < -0.39 is 5.60 Å². The van der Waals surface area contributed by atoms with Gasteiger partial charge in [0.1, 0.15) is 16.9 Å². The Morgan fingerprint density at radius 3 is 2.71 bits per heavy atom. The van der Waals surface area contributed by atoms with Crippen LogP contribution < -0.4 is 0 Å². The van der Waals surface area contributed by atoms with Crippen LogP contribution in [-0.4, -0.2) is 14.7 Å². The molecule has 1 aromatic heterocycles. The maximum Gasteiger partial charge on any atom is 0.151 e. The number of nitrogens with zero attached hydrogens (tertiary/aromatic N) is 2. The Morgan fingerprint density at radius 1 is 1.41 bits per heavy atom. The minimum absolute atomic E-state index is 0.326. The van der Waals surface area contributed by atoms with E-state index in [2.05, 4.69) is 4.98 Å². The smallest absolute Gasteiger partial charge is 0.151 e. The maximum absolute atomic E-state index is 13.7. The monoisotopic (exact) mass is 234 g/mol. The van der Waals surface area contributed by atoms with Crippen LogP contribution >= 0.6 is 0 Å². The molecule has 1 saturated carbocycles. The van der Waals surface area contributed by atoms with Crippen LogP contribution in [0.15, 0.2) is 18.2 Å². The summed E-state index contributed by atoms with van der Waals surface area (Å²) in [5, 5.41) is 10.1. The molecule has 0 unspecified atom stereocenters. The third-order valence-corrected chi connectivity index (χ3v) is 3.13. The zero-order valence-electron chi connectivity index (χ0n) is 9.94. The Balaban J connectivity index is 2.34. The summed E-state index contributed by atoms with van der Waals surface area (Å²) in [5.74, 6) is 0.229. The van der Waals surface area contributed by atoms with E-state index in [0.717, 1.165) is 18.4 Å². The summed E-state index contributed by atoms with van der Waals surface area (Å²) in [6, 6.07) is 5.31. The number of halogens is 1. The van der Waals surface area contributed by atoms with Crippen LogP contribution in [0.5, 0.6) is 0 Å². The summed E-state index contributed by atoms with van der Waals surface area (Å²) >= 11 is 0. The molecule has 0 spiro atoms. The number of hydrogen-bond acceptors (Lipinski definition) is 2. The highest BCUT2D eigenvalue weighted by molar-refractivity contribution is 5.77. The Bertz CT molecular complexity index is 579. The highest BCUT2D eigenvalue weighted by atomic mass is 19.1. The Morgan fingerprint density at radius 2 is 2.12 bits per heavy atom. The SMILES string of the molecule is CC(C)(O)c1nc2c(F)cccc2n1C1CC1. The first-order chi connectivity index (χ1) is 7.98. The molecule has 1 heterocycles. The van der Waals surface area contributed by atoms with E-state index in [4.69, 9.17) is 0 Å². The highest BCUT2D eigenvalue weighted by Crippen LogP contribution is 2.41. The van der Waals surface area contributed by atoms with Gasteiger partial charge in [0.25, 0.3) is 0 Å². The van der Waals surface area contributed by atoms with Crippen molar-refractivity contribution in [3.63, 3.8) is 0 Å². The first kappa shape index (κ1) is 10.7. The topological polar surface area (TPSA) is 38.1 Å². The van der Waals surface area contributed by atoms with E-state index in [9.17, 15) is 9.50 Å². The largest absolute Gasteiger partial charge is 0.383 e. The maximum atomic E-state index is 13.7. The number of aromatic nitrogens is 2. The fourth-order valence-corrected chi connectivity index (χ4v) is 2.22. The van der Waals surface area contributed by atoms with Crippen molar-refractivity contribution >= 4 is 11.0 Å². The second kappa shape index (κ2) is 3.29. The summed E-state index contributed by atoms with van der Waals surface area (Å²) in [6.07, 6.45) is 2.15. The summed E-state index contributed by atoms with van der Waals surface area (Å²) in [6.45, 7) is 3.37. The molecule has 0 radical (unpaired) electrons. The van der Waals surface area contributed by atoms with Crippen molar-refractivity contribution in [2.75, 3.05) is 0 Å². The van der Waals surface area contributed by atoms with Crippen molar-refractivity contribution < 1.29 is 9.50 Å². The average Bonchev–Trinajstić information content (AvgIpc) is 2.98. The molecule has 3 rings (SSSR count). The molecule has 0 saturated heterocycles. The number of para-hydroxylation sites is 1. The minimum atomic E-state index is -1.05. The van der Waals surface area contributed by atoms with Gasteiger partial charge in [-0.25, -0.2) is 9.37 Å². The number of fused-ring (bicyclic) bond motifs is 1. The van der Waals surface area contributed by atoms with Crippen molar-refractivity contribution in [3.05, 3.63) is 29.8 Å². The molecule has 1 aromatic carbocycles. The van der Waals surface area contributed by atoms with Gasteiger partial charge in [0.2, 0.25) is 0 Å². The van der Waals surface area contributed by atoms with Crippen molar-refractivity contribution in [1.82, 2.24) is 9.55 Å². The first-order valence-corrected chi connectivity index (χ1v) is 5.88. The standard InChI is InChI=1S/C13H15FN2O/c1-13(2,17)12-15-11-9(14)4-3-5-10(11)16(12)8-6-7-8/h3-5,8,17H,6-7H2,1-2H3. The van der Waals surface area contributed by atoms with Gasteiger partial charge in [-0.3, -0.25) is 0 Å². The second-order valence-corrected chi connectivity index (χ2v) is 5.20. The summed E-state index contributed by atoms with van der Waals surface area (Å²) in [7, 11) is 0. The molecule has 17 heavy (non-hydrogen) atoms. The van der Waals surface area contributed by atoms with E-state index in [1.54, 1.807) is 19.9 Å². The third-order valence-electron chi connectivity index (χ3n) is 3.13. The van der Waals surface area contributed by atoms with Gasteiger partial charge < -0.3 is 9.67 Å². The molecule has 0 bridgehead atoms. The van der Waals surface area contributed by atoms with E-state index >= 15 is 0 Å². The van der Waals surface area contributed by atoms with Crippen molar-refractivity contribution in [3.8, 4) is 0 Å². The quantitative estimate of drug-likeness (QED) is 0.867. The highest BCUT2D eigenvalue weighted by Gasteiger charge is 2.33. The van der Waals surface area contributed by atoms with Crippen LogP contribution in [0.1, 0.15) is 38.6 Å². The normalized spacial score (nSPS) is 16.7. The molecule has 2 aromatic rings. The van der Waals surface area contributed by atoms with E-state index in [1.165, 1.54) is 6.07 Å². The number of aliphatic hydroxyl groups is 1. The molecule has 90 valence electrons. The molecule has 4 heteroatoms. The van der Waals surface area contributed by atoms with Crippen LogP contribution in [-0.2, 0) is 5.60 Å². The molecule has 0 amide bonds. The van der Waals surface area contributed by atoms with Crippen molar-refractivity contribution in [2.45, 2.75) is 38.3 Å². The van der Waals surface area contributed by atoms with Crippen LogP contribution in [0, 0.1) is 5.82 Å². The molecule has 1 aliphatic carbocycles. The number of benzene rings is 1. The first-order valence-electron chi connectivity index (χ1n) is 5.88. The molecular formula is C13H15FN2O. The lowest BCUT2D eigenvalue weighted by molar-refractivity contribution is 0.0652. The molecular weight excluding hydrogens is 219 g/mol. The van der Waals surface area contributed by atoms with Gasteiger partial charge >= 0.3 is 0 Å². The Kier molecular flexibility index (Phi) is 2.08. The van der Waals surface area contributed by atoms with Gasteiger partial charge in [-0.15, -0.1) is 0 Å². The van der Waals surface area contributed by atoms with E-state index in [1.807, 2.05) is 10.6 Å². The Hall–Kier alpha value is -1.42. The zero-order valence-corrected chi connectivity index (χ0v) is 9.94. The molecule has 1 aliphatic rings. The third kappa shape index (κ3) is 1.63. The van der Waals surface area contributed by atoms with Gasteiger partial charge in [-0.1, -0.05) is 6.07 Å². The van der Waals surface area contributed by atoms with Crippen LogP contribution in [0.3, 0.4) is 0 Å². The second-order valence-electron chi connectivity index (χ2n) is 5.20. The molecule has 1 N–H and O–H groups in total.